The summed E-state index contributed by atoms with van der Waals surface area (Å²) in [5.41, 5.74) is 5.88. The first-order chi connectivity index (χ1) is 6.27. The smallest absolute Gasteiger partial charge is 0.260 e. The van der Waals surface area contributed by atoms with E-state index in [1.54, 1.807) is 12.3 Å². The second-order valence-electron chi connectivity index (χ2n) is 2.36. The Bertz CT molecular complexity index is 419. The van der Waals surface area contributed by atoms with Crippen LogP contribution in [0.5, 0.6) is 0 Å². The molecule has 0 bridgehead atoms. The van der Waals surface area contributed by atoms with Crippen LogP contribution in [0.25, 0.3) is 10.7 Å². The molecule has 2 rings (SSSR count). The minimum Gasteiger partial charge on any atom is -0.365 e. The zero-order valence-electron chi connectivity index (χ0n) is 6.52. The standard InChI is InChI=1S/C7H6N4OS/c8-6(12)5-3-9-7(13-5)4-1-2-10-11-4/h1-3H,(H2,8,12)(H,10,11). The third-order valence-corrected chi connectivity index (χ3v) is 2.52. The molecule has 66 valence electrons. The van der Waals surface area contributed by atoms with Gasteiger partial charge in [0.25, 0.3) is 5.91 Å². The quantitative estimate of drug-likeness (QED) is 0.735. The van der Waals surface area contributed by atoms with Crippen molar-refractivity contribution in [1.82, 2.24) is 15.2 Å². The molecule has 0 fully saturated rings. The third kappa shape index (κ3) is 1.43. The lowest BCUT2D eigenvalue weighted by molar-refractivity contribution is 0.100. The van der Waals surface area contributed by atoms with Crippen molar-refractivity contribution in [3.8, 4) is 10.7 Å². The largest absolute Gasteiger partial charge is 0.365 e. The number of hydrogen-bond donors (Lipinski definition) is 2. The van der Waals surface area contributed by atoms with E-state index in [1.807, 2.05) is 0 Å². The molecule has 1 amide bonds. The van der Waals surface area contributed by atoms with Crippen LogP contribution in [-0.2, 0) is 0 Å². The molecule has 0 aromatic carbocycles. The van der Waals surface area contributed by atoms with Crippen molar-refractivity contribution in [1.29, 1.82) is 0 Å². The number of hydrogen-bond acceptors (Lipinski definition) is 4. The first-order valence-electron chi connectivity index (χ1n) is 3.53. The van der Waals surface area contributed by atoms with E-state index in [0.717, 1.165) is 5.69 Å². The van der Waals surface area contributed by atoms with Crippen LogP contribution in [0.4, 0.5) is 0 Å². The number of aromatic amines is 1. The minimum absolute atomic E-state index is 0.449. The molecule has 2 aromatic rings. The molecule has 0 unspecified atom stereocenters. The number of H-pyrrole nitrogens is 1. The summed E-state index contributed by atoms with van der Waals surface area (Å²) in [6, 6.07) is 1.78. The molecule has 0 atom stereocenters. The Hall–Kier alpha value is -1.69. The summed E-state index contributed by atoms with van der Waals surface area (Å²) in [6.45, 7) is 0. The highest BCUT2D eigenvalue weighted by Gasteiger charge is 2.08. The van der Waals surface area contributed by atoms with Crippen molar-refractivity contribution < 1.29 is 4.79 Å². The van der Waals surface area contributed by atoms with Gasteiger partial charge in [-0.25, -0.2) is 4.98 Å². The summed E-state index contributed by atoms with van der Waals surface area (Å²) in [4.78, 5) is 15.2. The number of thiazole rings is 1. The molecule has 3 N–H and O–H groups in total. The number of primary amides is 1. The van der Waals surface area contributed by atoms with E-state index in [9.17, 15) is 4.79 Å². The van der Waals surface area contributed by atoms with Crippen LogP contribution in [0.15, 0.2) is 18.5 Å². The topological polar surface area (TPSA) is 84.7 Å². The molecule has 5 nitrogen and oxygen atoms in total. The third-order valence-electron chi connectivity index (χ3n) is 1.48. The van der Waals surface area contributed by atoms with Gasteiger partial charge in [0, 0.05) is 6.20 Å². The fourth-order valence-electron chi connectivity index (χ4n) is 0.888. The zero-order valence-corrected chi connectivity index (χ0v) is 7.34. The monoisotopic (exact) mass is 194 g/mol. The van der Waals surface area contributed by atoms with Gasteiger partial charge in [0.1, 0.15) is 9.88 Å². The summed E-state index contributed by atoms with van der Waals surface area (Å²) < 4.78 is 0. The average molecular weight is 194 g/mol. The van der Waals surface area contributed by atoms with E-state index in [1.165, 1.54) is 17.5 Å². The van der Waals surface area contributed by atoms with Gasteiger partial charge in [-0.1, -0.05) is 0 Å². The number of nitrogens with one attached hydrogen (secondary N) is 1. The van der Waals surface area contributed by atoms with E-state index in [2.05, 4.69) is 15.2 Å². The summed E-state index contributed by atoms with van der Waals surface area (Å²) in [6.07, 6.45) is 3.09. The first kappa shape index (κ1) is 7.93. The molecule has 0 aliphatic rings. The molecule has 0 aliphatic carbocycles. The predicted molar refractivity (Wildman–Crippen MR) is 48.2 cm³/mol. The Morgan fingerprint density at radius 1 is 1.62 bits per heavy atom. The Kier molecular flexibility index (Phi) is 1.82. The van der Waals surface area contributed by atoms with Gasteiger partial charge in [0.2, 0.25) is 0 Å². The van der Waals surface area contributed by atoms with Gasteiger partial charge in [-0.15, -0.1) is 11.3 Å². The average Bonchev–Trinajstić information content (AvgIpc) is 2.75. The van der Waals surface area contributed by atoms with Crippen molar-refractivity contribution in [3.05, 3.63) is 23.3 Å². The molecule has 0 radical (unpaired) electrons. The molecule has 13 heavy (non-hydrogen) atoms. The molecular formula is C7H6N4OS. The SMILES string of the molecule is NC(=O)c1cnc(-c2ccn[nH]2)s1. The van der Waals surface area contributed by atoms with Crippen LogP contribution in [0.1, 0.15) is 9.67 Å². The number of aromatic nitrogens is 3. The maximum atomic E-state index is 10.8. The molecule has 0 saturated heterocycles. The molecule has 6 heteroatoms. The molecule has 0 saturated carbocycles. The molecule has 2 aromatic heterocycles. The number of carbonyl (C=O) groups is 1. The highest BCUT2D eigenvalue weighted by atomic mass is 32.1. The van der Waals surface area contributed by atoms with Crippen molar-refractivity contribution in [2.75, 3.05) is 0 Å². The fourth-order valence-corrected chi connectivity index (χ4v) is 1.63. The van der Waals surface area contributed by atoms with Gasteiger partial charge in [0.05, 0.1) is 11.9 Å². The minimum atomic E-state index is -0.455. The summed E-state index contributed by atoms with van der Waals surface area (Å²) in [5, 5.41) is 7.24. The first-order valence-corrected chi connectivity index (χ1v) is 4.34. The van der Waals surface area contributed by atoms with Crippen molar-refractivity contribution >= 4 is 17.2 Å². The zero-order chi connectivity index (χ0) is 9.26. The second-order valence-corrected chi connectivity index (χ2v) is 3.39. The van der Waals surface area contributed by atoms with Crippen LogP contribution in [0.2, 0.25) is 0 Å². The summed E-state index contributed by atoms with van der Waals surface area (Å²) in [5.74, 6) is -0.455. The van der Waals surface area contributed by atoms with Gasteiger partial charge in [0.15, 0.2) is 0 Å². The van der Waals surface area contributed by atoms with Crippen LogP contribution >= 0.6 is 11.3 Å². The number of rotatable bonds is 2. The highest BCUT2D eigenvalue weighted by Crippen LogP contribution is 2.22. The summed E-state index contributed by atoms with van der Waals surface area (Å²) in [7, 11) is 0. The van der Waals surface area contributed by atoms with E-state index in [-0.39, 0.29) is 0 Å². The maximum Gasteiger partial charge on any atom is 0.260 e. The molecule has 2 heterocycles. The molecule has 0 spiro atoms. The summed E-state index contributed by atoms with van der Waals surface area (Å²) >= 11 is 1.24. The van der Waals surface area contributed by atoms with E-state index in [0.29, 0.717) is 9.88 Å². The van der Waals surface area contributed by atoms with Crippen LogP contribution in [0, 0.1) is 0 Å². The van der Waals surface area contributed by atoms with Crippen LogP contribution in [-0.4, -0.2) is 21.1 Å². The lowest BCUT2D eigenvalue weighted by Gasteiger charge is -1.85. The van der Waals surface area contributed by atoms with Crippen LogP contribution < -0.4 is 5.73 Å². The Balaban J connectivity index is 2.39. The van der Waals surface area contributed by atoms with Gasteiger partial charge in [-0.3, -0.25) is 9.89 Å². The van der Waals surface area contributed by atoms with Crippen molar-refractivity contribution in [3.63, 3.8) is 0 Å². The van der Waals surface area contributed by atoms with Crippen LogP contribution in [0.3, 0.4) is 0 Å². The van der Waals surface area contributed by atoms with E-state index >= 15 is 0 Å². The van der Waals surface area contributed by atoms with Gasteiger partial charge < -0.3 is 5.73 Å². The molecule has 0 aliphatic heterocycles. The van der Waals surface area contributed by atoms with Gasteiger partial charge in [-0.2, -0.15) is 5.10 Å². The maximum absolute atomic E-state index is 10.8. The lowest BCUT2D eigenvalue weighted by Crippen LogP contribution is -2.08. The normalized spacial score (nSPS) is 10.2. The van der Waals surface area contributed by atoms with Crippen molar-refractivity contribution in [2.45, 2.75) is 0 Å². The van der Waals surface area contributed by atoms with E-state index < -0.39 is 5.91 Å². The number of nitrogens with two attached hydrogens (primary N) is 1. The highest BCUT2D eigenvalue weighted by molar-refractivity contribution is 7.16. The fraction of sp³-hybridized carbons (Fsp3) is 0. The predicted octanol–water partition coefficient (Wildman–Crippen LogP) is 0.632. The Labute approximate surface area is 77.6 Å². The van der Waals surface area contributed by atoms with Crippen molar-refractivity contribution in [2.24, 2.45) is 5.73 Å². The lowest BCUT2D eigenvalue weighted by atomic mass is 10.5. The van der Waals surface area contributed by atoms with E-state index in [4.69, 9.17) is 5.73 Å². The number of amides is 1. The Morgan fingerprint density at radius 3 is 3.00 bits per heavy atom. The molecular weight excluding hydrogens is 188 g/mol. The number of carbonyl (C=O) groups excluding carboxylic acids is 1. The Morgan fingerprint density at radius 2 is 2.46 bits per heavy atom. The van der Waals surface area contributed by atoms with Gasteiger partial charge >= 0.3 is 0 Å². The van der Waals surface area contributed by atoms with Gasteiger partial charge in [-0.05, 0) is 6.07 Å². The number of nitrogens with zero attached hydrogens (tertiary/aromatic N) is 2. The second kappa shape index (κ2) is 2.98.